The monoisotopic (exact) mass is 1510 g/mol. The van der Waals surface area contributed by atoms with Crippen molar-refractivity contribution >= 4 is 152 Å². The van der Waals surface area contributed by atoms with Gasteiger partial charge in [0.2, 0.25) is 0 Å². The van der Waals surface area contributed by atoms with E-state index in [1.54, 1.807) is 94.1 Å². The van der Waals surface area contributed by atoms with E-state index in [4.69, 9.17) is 18.9 Å². The van der Waals surface area contributed by atoms with Gasteiger partial charge in [0, 0.05) is 33.9 Å². The van der Waals surface area contributed by atoms with Gasteiger partial charge in [-0.15, -0.1) is 0 Å². The van der Waals surface area contributed by atoms with Crippen LogP contribution in [0.15, 0.2) is 249 Å². The molecule has 4 N–H and O–H groups in total. The SMILES string of the molecule is CCCCCCOc1c2c(c(OCCCCCC)c3c1SC(=C(C)C(=O)Nc1ccccc1)S3)SC(=C(C)C(=O)Nc1ccccc1)S2.CCCCOc1c2c(c(OCCCC)c3c1SC(=C(C(=O)Nc1ccccc1)c1ccccc1)S3)SC(=C(C(=O)Nc1ccccc1)c1ccccc1)S2. The van der Waals surface area contributed by atoms with Gasteiger partial charge in [-0.3, -0.25) is 19.2 Å². The maximum Gasteiger partial charge on any atom is 0.257 e. The number of nitrogens with one attached hydrogen (secondary N) is 4. The van der Waals surface area contributed by atoms with E-state index in [0.29, 0.717) is 48.7 Å². The molecule has 20 heteroatoms. The van der Waals surface area contributed by atoms with Crippen molar-refractivity contribution in [1.82, 2.24) is 0 Å². The zero-order valence-electron chi connectivity index (χ0n) is 58.2. The summed E-state index contributed by atoms with van der Waals surface area (Å²) in [5.74, 6) is 2.55. The molecule has 12 nitrogen and oxygen atoms in total. The Morgan fingerprint density at radius 3 is 0.755 bits per heavy atom. The minimum atomic E-state index is -0.185. The van der Waals surface area contributed by atoms with E-state index in [0.717, 1.165) is 177 Å². The molecule has 0 saturated heterocycles. The third-order valence-corrected chi connectivity index (χ3v) is 27.2. The molecule has 0 saturated carbocycles. The fourth-order valence-corrected chi connectivity index (χ4v) is 22.0. The zero-order valence-corrected chi connectivity index (χ0v) is 64.7. The second-order valence-corrected chi connectivity index (χ2v) is 33.3. The average Bonchev–Trinajstić information content (AvgIpc) is 1.59. The lowest BCUT2D eigenvalue weighted by Crippen LogP contribution is -2.14. The van der Waals surface area contributed by atoms with Crippen LogP contribution in [-0.2, 0) is 19.2 Å². The van der Waals surface area contributed by atoms with Crippen LogP contribution < -0.4 is 40.2 Å². The molecule has 0 spiro atoms. The topological polar surface area (TPSA) is 153 Å². The molecule has 0 fully saturated rings. The van der Waals surface area contributed by atoms with Crippen molar-refractivity contribution in [3.8, 4) is 23.0 Å². The number of anilines is 4. The number of unbranched alkanes of at least 4 members (excludes halogenated alkanes) is 8. The Morgan fingerprint density at radius 2 is 0.500 bits per heavy atom. The van der Waals surface area contributed by atoms with Gasteiger partial charge >= 0.3 is 0 Å². The van der Waals surface area contributed by atoms with Gasteiger partial charge in [0.1, 0.15) is 23.0 Å². The van der Waals surface area contributed by atoms with Crippen LogP contribution in [0.5, 0.6) is 23.0 Å². The molecule has 0 unspecified atom stereocenters. The lowest BCUT2D eigenvalue weighted by atomic mass is 10.1. The average molecular weight is 1510 g/mol. The first-order valence-electron chi connectivity index (χ1n) is 34.8. The number of thioether (sulfide) groups is 8. The quantitative estimate of drug-likeness (QED) is 0.0249. The Morgan fingerprint density at radius 1 is 0.275 bits per heavy atom. The summed E-state index contributed by atoms with van der Waals surface area (Å²) in [6.07, 6.45) is 12.6. The third kappa shape index (κ3) is 19.3. The van der Waals surface area contributed by atoms with E-state index in [1.165, 1.54) is 12.8 Å². The van der Waals surface area contributed by atoms with Gasteiger partial charge in [0.05, 0.1) is 93.7 Å². The summed E-state index contributed by atoms with van der Waals surface area (Å²) in [5, 5.41) is 12.3. The molecule has 4 aliphatic rings. The van der Waals surface area contributed by atoms with Crippen LogP contribution in [0.4, 0.5) is 22.7 Å². The summed E-state index contributed by atoms with van der Waals surface area (Å²) >= 11 is 12.5. The maximum atomic E-state index is 14.2. The molecule has 0 atom stereocenters. The lowest BCUT2D eigenvalue weighted by molar-refractivity contribution is -0.113. The zero-order chi connectivity index (χ0) is 71.2. The van der Waals surface area contributed by atoms with Crippen molar-refractivity contribution in [2.75, 3.05) is 47.7 Å². The number of carbonyl (C=O) groups is 4. The van der Waals surface area contributed by atoms with Crippen molar-refractivity contribution in [2.24, 2.45) is 0 Å². The molecule has 4 aliphatic heterocycles. The molecule has 8 aromatic carbocycles. The van der Waals surface area contributed by atoms with E-state index in [1.807, 2.05) is 196 Å². The second kappa shape index (κ2) is 38.4. The van der Waals surface area contributed by atoms with Gasteiger partial charge in [-0.25, -0.2) is 0 Å². The fraction of sp³-hybridized carbons (Fsp3) is 0.268. The standard InChI is InChI=1S/C44H40N2O4S4.C38H44N2O4S4/c1-3-5-27-49-35-37-39(53-43(51-37)33(29-19-11-7-12-20-29)41(47)45-31-23-15-9-16-24-31)36(50-28-6-4-2)40-38(35)52-44(54-40)34(30-21-13-8-14-22-30)42(48)46-32-25-17-10-18-26-32;1-5-7-9-17-23-43-29-31-33(47-37(45-31)25(3)35(41)39-27-19-13-11-14-20-27)30(44-24-18-10-8-6-2)34-32(29)46-38(48-34)26(4)36(42)40-28-21-15-12-16-22-28/h7-26H,3-6,27-28H2,1-2H3,(H,45,47)(H,46,48);11-16,19-22H,5-10,17-18,23-24H2,1-4H3,(H,39,41)(H,40,42). The summed E-state index contributed by atoms with van der Waals surface area (Å²) in [4.78, 5) is 62.8. The first-order valence-corrected chi connectivity index (χ1v) is 41.4. The number of rotatable bonds is 30. The number of hydrogen-bond acceptors (Lipinski definition) is 16. The first-order chi connectivity index (χ1) is 50.0. The van der Waals surface area contributed by atoms with Gasteiger partial charge < -0.3 is 40.2 Å². The van der Waals surface area contributed by atoms with Crippen LogP contribution in [0.25, 0.3) is 11.1 Å². The normalized spacial score (nSPS) is 13.0. The van der Waals surface area contributed by atoms with Crippen LogP contribution in [0.3, 0.4) is 0 Å². The molecule has 528 valence electrons. The highest BCUT2D eigenvalue weighted by Crippen LogP contribution is 2.71. The number of amides is 4. The Balaban J connectivity index is 0.000000207. The number of fused-ring (bicyclic) bond motifs is 4. The molecule has 0 bridgehead atoms. The molecule has 102 heavy (non-hydrogen) atoms. The van der Waals surface area contributed by atoms with Crippen LogP contribution in [0, 0.1) is 0 Å². The highest BCUT2D eigenvalue weighted by Gasteiger charge is 2.42. The lowest BCUT2D eigenvalue weighted by Gasteiger charge is -2.18. The van der Waals surface area contributed by atoms with Gasteiger partial charge in [0.15, 0.2) is 0 Å². The molecule has 0 aliphatic carbocycles. The van der Waals surface area contributed by atoms with Gasteiger partial charge in [0.25, 0.3) is 23.6 Å². The summed E-state index contributed by atoms with van der Waals surface area (Å²) in [6.45, 7) is 14.8. The fourth-order valence-electron chi connectivity index (χ4n) is 10.9. The van der Waals surface area contributed by atoms with Crippen molar-refractivity contribution in [3.63, 3.8) is 0 Å². The Labute approximate surface area is 634 Å². The van der Waals surface area contributed by atoms with E-state index >= 15 is 0 Å². The summed E-state index contributed by atoms with van der Waals surface area (Å²) in [5.41, 5.74) is 7.13. The van der Waals surface area contributed by atoms with Crippen molar-refractivity contribution in [3.05, 3.63) is 221 Å². The highest BCUT2D eigenvalue weighted by atomic mass is 32.2. The third-order valence-electron chi connectivity index (χ3n) is 16.4. The molecular formula is C82H84N4O8S8. The van der Waals surface area contributed by atoms with Crippen molar-refractivity contribution < 1.29 is 38.1 Å². The number of carbonyl (C=O) groups excluding carboxylic acids is 4. The van der Waals surface area contributed by atoms with Crippen molar-refractivity contribution in [1.29, 1.82) is 0 Å². The Kier molecular flexibility index (Phi) is 28.5. The number of hydrogen-bond donors (Lipinski definition) is 4. The molecule has 0 radical (unpaired) electrons. The molecule has 4 amide bonds. The minimum Gasteiger partial charge on any atom is -0.491 e. The van der Waals surface area contributed by atoms with E-state index < -0.39 is 0 Å². The Hall–Kier alpha value is -7.40. The van der Waals surface area contributed by atoms with Crippen LogP contribution >= 0.6 is 94.1 Å². The van der Waals surface area contributed by atoms with E-state index in [-0.39, 0.29) is 23.6 Å². The van der Waals surface area contributed by atoms with E-state index in [2.05, 4.69) is 49.0 Å². The smallest absolute Gasteiger partial charge is 0.257 e. The van der Waals surface area contributed by atoms with Gasteiger partial charge in [-0.2, -0.15) is 0 Å². The summed E-state index contributed by atoms with van der Waals surface area (Å²) in [6, 6.07) is 57.8. The number of benzene rings is 8. The van der Waals surface area contributed by atoms with Crippen LogP contribution in [0.2, 0.25) is 0 Å². The van der Waals surface area contributed by atoms with E-state index in [9.17, 15) is 19.2 Å². The minimum absolute atomic E-state index is 0.130. The highest BCUT2D eigenvalue weighted by molar-refractivity contribution is 8.27. The van der Waals surface area contributed by atoms with Crippen molar-refractivity contribution in [2.45, 2.75) is 158 Å². The predicted octanol–water partition coefficient (Wildman–Crippen LogP) is 24.2. The van der Waals surface area contributed by atoms with Gasteiger partial charge in [-0.05, 0) is 99.2 Å². The molecular weight excluding hydrogens is 1430 g/mol. The van der Waals surface area contributed by atoms with Crippen LogP contribution in [-0.4, -0.2) is 50.1 Å². The Bertz CT molecular complexity index is 4030. The molecule has 12 rings (SSSR count). The summed E-state index contributed by atoms with van der Waals surface area (Å²) < 4.78 is 30.3. The molecule has 0 aromatic heterocycles. The predicted molar refractivity (Wildman–Crippen MR) is 432 cm³/mol. The molecule has 8 aromatic rings. The molecule has 4 heterocycles. The first kappa shape index (κ1) is 75.7. The van der Waals surface area contributed by atoms with Gasteiger partial charge in [-0.1, -0.05) is 307 Å². The second-order valence-electron chi connectivity index (χ2n) is 24.2. The number of para-hydroxylation sites is 4. The van der Waals surface area contributed by atoms with Crippen LogP contribution in [0.1, 0.15) is 130 Å². The maximum absolute atomic E-state index is 14.2. The number of ether oxygens (including phenoxy) is 4. The summed E-state index contributed by atoms with van der Waals surface area (Å²) in [7, 11) is 0. The largest absolute Gasteiger partial charge is 0.491 e.